The van der Waals surface area contributed by atoms with Crippen molar-refractivity contribution in [1.82, 2.24) is 4.90 Å². The number of hydrogen-bond acceptors (Lipinski definition) is 3. The Labute approximate surface area is 162 Å². The van der Waals surface area contributed by atoms with E-state index >= 15 is 0 Å². The number of aliphatic hydroxyl groups excluding tert-OH is 1. The average Bonchev–Trinajstić information content (AvgIpc) is 2.68. The zero-order chi connectivity index (χ0) is 17.6. The zero-order valence-corrected chi connectivity index (χ0v) is 16.3. The number of benzene rings is 2. The number of aliphatic hydroxyl groups is 1. The first-order valence-corrected chi connectivity index (χ1v) is 8.95. The summed E-state index contributed by atoms with van der Waals surface area (Å²) in [6, 6.07) is 18.4. The zero-order valence-electron chi connectivity index (χ0n) is 15.5. The molecule has 26 heavy (non-hydrogen) atoms. The molecule has 1 heterocycles. The van der Waals surface area contributed by atoms with E-state index in [2.05, 4.69) is 48.2 Å². The van der Waals surface area contributed by atoms with Crippen LogP contribution in [0.3, 0.4) is 0 Å². The van der Waals surface area contributed by atoms with Crippen LogP contribution in [0.1, 0.15) is 30.6 Å². The summed E-state index contributed by atoms with van der Waals surface area (Å²) >= 11 is 0. The smallest absolute Gasteiger partial charge is 0.118 e. The van der Waals surface area contributed by atoms with Gasteiger partial charge in [-0.2, -0.15) is 0 Å². The van der Waals surface area contributed by atoms with Gasteiger partial charge >= 0.3 is 0 Å². The van der Waals surface area contributed by atoms with Gasteiger partial charge < -0.3 is 9.84 Å². The molecule has 2 atom stereocenters. The van der Waals surface area contributed by atoms with Crippen LogP contribution in [-0.4, -0.2) is 36.2 Å². The van der Waals surface area contributed by atoms with E-state index in [9.17, 15) is 5.11 Å². The molecule has 0 spiro atoms. The summed E-state index contributed by atoms with van der Waals surface area (Å²) < 4.78 is 5.19. The maximum Gasteiger partial charge on any atom is 0.118 e. The molecule has 0 fully saturated rings. The van der Waals surface area contributed by atoms with Crippen molar-refractivity contribution in [2.45, 2.75) is 31.9 Å². The number of hydrogen-bond donors (Lipinski definition) is 1. The lowest BCUT2D eigenvalue weighted by atomic mass is 9.96. The summed E-state index contributed by atoms with van der Waals surface area (Å²) in [6.45, 7) is 3.99. The van der Waals surface area contributed by atoms with Gasteiger partial charge in [-0.1, -0.05) is 54.1 Å². The Morgan fingerprint density at radius 2 is 1.77 bits per heavy atom. The molecule has 0 aliphatic carbocycles. The summed E-state index contributed by atoms with van der Waals surface area (Å²) in [4.78, 5) is 2.35. The van der Waals surface area contributed by atoms with Gasteiger partial charge in [0.25, 0.3) is 0 Å². The van der Waals surface area contributed by atoms with E-state index in [-0.39, 0.29) is 18.4 Å². The number of nitrogens with zero attached hydrogens (tertiary/aromatic N) is 1. The number of methoxy groups -OCH3 is 1. The normalized spacial score (nSPS) is 17.0. The highest BCUT2D eigenvalue weighted by Gasteiger charge is 2.24. The van der Waals surface area contributed by atoms with Crippen LogP contribution in [-0.2, 0) is 6.42 Å². The van der Waals surface area contributed by atoms with E-state index in [1.54, 1.807) is 7.11 Å². The van der Waals surface area contributed by atoms with Crippen molar-refractivity contribution < 1.29 is 9.84 Å². The van der Waals surface area contributed by atoms with Crippen LogP contribution in [0.15, 0.2) is 66.2 Å². The molecular weight excluding hydrogens is 346 g/mol. The molecule has 0 bridgehead atoms. The minimum atomic E-state index is -0.491. The largest absolute Gasteiger partial charge is 0.497 e. The van der Waals surface area contributed by atoms with Crippen molar-refractivity contribution in [2.24, 2.45) is 0 Å². The first kappa shape index (κ1) is 20.5. The van der Waals surface area contributed by atoms with E-state index < -0.39 is 6.10 Å². The molecule has 3 rings (SSSR count). The van der Waals surface area contributed by atoms with E-state index in [1.807, 2.05) is 24.3 Å². The second kappa shape index (κ2) is 9.77. The van der Waals surface area contributed by atoms with Crippen molar-refractivity contribution in [1.29, 1.82) is 0 Å². The molecule has 0 amide bonds. The van der Waals surface area contributed by atoms with Gasteiger partial charge in [0.15, 0.2) is 0 Å². The van der Waals surface area contributed by atoms with Crippen LogP contribution in [0, 0.1) is 0 Å². The number of halogens is 1. The molecule has 140 valence electrons. The lowest BCUT2D eigenvalue weighted by molar-refractivity contribution is 0.0623. The molecule has 0 unspecified atom stereocenters. The van der Waals surface area contributed by atoms with Gasteiger partial charge in [-0.05, 0) is 43.0 Å². The fraction of sp³-hybridized carbons (Fsp3) is 0.364. The summed E-state index contributed by atoms with van der Waals surface area (Å²) in [5.74, 6) is 0.815. The Balaban J connectivity index is 0.00000243. The van der Waals surface area contributed by atoms with Crippen LogP contribution in [0.4, 0.5) is 0 Å². The molecule has 0 aromatic heterocycles. The Kier molecular flexibility index (Phi) is 7.70. The fourth-order valence-electron chi connectivity index (χ4n) is 3.39. The van der Waals surface area contributed by atoms with Gasteiger partial charge in [0, 0.05) is 19.1 Å². The summed E-state index contributed by atoms with van der Waals surface area (Å²) in [7, 11) is 1.65. The van der Waals surface area contributed by atoms with Gasteiger partial charge in [0.2, 0.25) is 0 Å². The van der Waals surface area contributed by atoms with Crippen molar-refractivity contribution in [3.05, 3.63) is 77.4 Å². The molecular formula is C22H28ClNO2. The molecule has 0 saturated heterocycles. The monoisotopic (exact) mass is 373 g/mol. The van der Waals surface area contributed by atoms with Gasteiger partial charge in [0.05, 0.1) is 13.2 Å². The lowest BCUT2D eigenvalue weighted by Gasteiger charge is -2.34. The molecule has 3 nitrogen and oxygen atoms in total. The average molecular weight is 374 g/mol. The van der Waals surface area contributed by atoms with Gasteiger partial charge in [-0.3, -0.25) is 4.90 Å². The summed E-state index contributed by atoms with van der Waals surface area (Å²) in [6.07, 6.45) is 3.93. The van der Waals surface area contributed by atoms with Crippen molar-refractivity contribution in [3.63, 3.8) is 0 Å². The molecule has 1 aliphatic heterocycles. The van der Waals surface area contributed by atoms with Crippen molar-refractivity contribution in [2.75, 3.05) is 20.2 Å². The molecule has 1 N–H and O–H groups in total. The molecule has 2 aromatic carbocycles. The number of ether oxygens (including phenoxy) is 1. The van der Waals surface area contributed by atoms with Crippen molar-refractivity contribution in [3.8, 4) is 5.75 Å². The van der Waals surface area contributed by atoms with E-state index in [4.69, 9.17) is 4.74 Å². The third-order valence-corrected chi connectivity index (χ3v) is 5.10. The first-order valence-electron chi connectivity index (χ1n) is 8.95. The highest BCUT2D eigenvalue weighted by atomic mass is 35.5. The Morgan fingerprint density at radius 3 is 2.35 bits per heavy atom. The fourth-order valence-corrected chi connectivity index (χ4v) is 3.39. The Bertz CT molecular complexity index is 700. The first-order chi connectivity index (χ1) is 12.2. The molecule has 4 heteroatoms. The maximum atomic E-state index is 10.7. The number of rotatable bonds is 6. The molecule has 0 saturated carbocycles. The third-order valence-electron chi connectivity index (χ3n) is 5.10. The second-order valence-electron chi connectivity index (χ2n) is 6.73. The summed E-state index contributed by atoms with van der Waals surface area (Å²) in [5.41, 5.74) is 3.80. The van der Waals surface area contributed by atoms with E-state index in [0.717, 1.165) is 37.2 Å². The lowest BCUT2D eigenvalue weighted by Crippen LogP contribution is -2.40. The molecule has 1 aliphatic rings. The van der Waals surface area contributed by atoms with Gasteiger partial charge in [-0.25, -0.2) is 0 Å². The van der Waals surface area contributed by atoms with Crippen LogP contribution >= 0.6 is 12.4 Å². The Morgan fingerprint density at radius 1 is 1.08 bits per heavy atom. The highest BCUT2D eigenvalue weighted by Crippen LogP contribution is 2.26. The summed E-state index contributed by atoms with van der Waals surface area (Å²) in [5, 5.41) is 10.7. The topological polar surface area (TPSA) is 32.7 Å². The predicted octanol–water partition coefficient (Wildman–Crippen LogP) is 4.41. The third kappa shape index (κ3) is 5.10. The van der Waals surface area contributed by atoms with Crippen LogP contribution < -0.4 is 4.74 Å². The van der Waals surface area contributed by atoms with Crippen LogP contribution in [0.25, 0.3) is 0 Å². The van der Waals surface area contributed by atoms with Crippen LogP contribution in [0.5, 0.6) is 5.75 Å². The van der Waals surface area contributed by atoms with Crippen molar-refractivity contribution >= 4 is 12.4 Å². The van der Waals surface area contributed by atoms with Crippen LogP contribution in [0.2, 0.25) is 0 Å². The quantitative estimate of drug-likeness (QED) is 0.761. The standard InChI is InChI=1S/C22H27NO2.ClH/c1-17(22(24)20-8-10-21(25-2)11-9-20)23-14-12-19(13-15-23)16-18-6-4-3-5-7-18;/h3-12,17,22,24H,13-16H2,1-2H3;1H/t17-,22+;/m0./s1. The predicted molar refractivity (Wildman–Crippen MR) is 109 cm³/mol. The molecule has 0 radical (unpaired) electrons. The van der Waals surface area contributed by atoms with E-state index in [1.165, 1.54) is 11.1 Å². The van der Waals surface area contributed by atoms with Gasteiger partial charge in [-0.15, -0.1) is 12.4 Å². The van der Waals surface area contributed by atoms with Gasteiger partial charge in [0.1, 0.15) is 5.75 Å². The highest BCUT2D eigenvalue weighted by molar-refractivity contribution is 5.85. The van der Waals surface area contributed by atoms with E-state index in [0.29, 0.717) is 0 Å². The molecule has 2 aromatic rings. The maximum absolute atomic E-state index is 10.7. The Hall–Kier alpha value is -1.81. The minimum absolute atomic E-state index is 0. The second-order valence-corrected chi connectivity index (χ2v) is 6.73. The minimum Gasteiger partial charge on any atom is -0.497 e. The SMILES string of the molecule is COc1ccc([C@H](O)[C@H](C)N2CC=C(Cc3ccccc3)CC2)cc1.Cl.